The van der Waals surface area contributed by atoms with E-state index in [2.05, 4.69) is 4.99 Å². The number of methoxy groups -OCH3 is 2. The molecule has 0 atom stereocenters. The second-order valence-electron chi connectivity index (χ2n) is 2.66. The van der Waals surface area contributed by atoms with E-state index in [1.165, 1.54) is 20.3 Å². The monoisotopic (exact) mass is 159 g/mol. The Kier molecular flexibility index (Phi) is 3.97. The number of rotatable bonds is 4. The van der Waals surface area contributed by atoms with Gasteiger partial charge in [-0.3, -0.25) is 0 Å². The first-order valence-electron chi connectivity index (χ1n) is 3.23. The maximum atomic E-state index is 9.95. The Labute approximate surface area is 66.2 Å². The molecule has 64 valence electrons. The summed E-state index contributed by atoms with van der Waals surface area (Å²) in [5.74, 6) is 0. The highest BCUT2D eigenvalue weighted by atomic mass is 16.7. The smallest absolute Gasteiger partial charge is 0.235 e. The molecule has 0 aromatic heterocycles. The average Bonchev–Trinajstić information content (AvgIpc) is 1.89. The minimum Gasteiger partial charge on any atom is -0.353 e. The van der Waals surface area contributed by atoms with Crippen LogP contribution in [0.15, 0.2) is 4.99 Å². The molecule has 0 unspecified atom stereocenters. The van der Waals surface area contributed by atoms with Gasteiger partial charge in [0.15, 0.2) is 6.29 Å². The first kappa shape index (κ1) is 10.3. The van der Waals surface area contributed by atoms with Crippen LogP contribution < -0.4 is 0 Å². The fraction of sp³-hybridized carbons (Fsp3) is 0.857. The van der Waals surface area contributed by atoms with Gasteiger partial charge in [0.05, 0.1) is 0 Å². The SMILES string of the molecule is COC(OC)C(C)(C)N=C=O. The van der Waals surface area contributed by atoms with Gasteiger partial charge in [-0.2, -0.15) is 4.99 Å². The van der Waals surface area contributed by atoms with Crippen LogP contribution in [0.4, 0.5) is 0 Å². The van der Waals surface area contributed by atoms with Crippen molar-refractivity contribution in [1.82, 2.24) is 0 Å². The number of ether oxygens (including phenoxy) is 2. The molecule has 0 rings (SSSR count). The first-order valence-corrected chi connectivity index (χ1v) is 3.23. The van der Waals surface area contributed by atoms with Crippen LogP contribution in [0.5, 0.6) is 0 Å². The standard InChI is InChI=1S/C7H13NO3/c1-7(2,8-5-9)6(10-3)11-4/h6H,1-4H3. The highest BCUT2D eigenvalue weighted by Crippen LogP contribution is 2.16. The van der Waals surface area contributed by atoms with Crippen LogP contribution in [-0.4, -0.2) is 32.1 Å². The molecule has 4 nitrogen and oxygen atoms in total. The molecule has 0 spiro atoms. The molecule has 4 heteroatoms. The predicted octanol–water partition coefficient (Wildman–Crippen LogP) is 0.720. The van der Waals surface area contributed by atoms with E-state index in [1.807, 2.05) is 0 Å². The summed E-state index contributed by atoms with van der Waals surface area (Å²) in [4.78, 5) is 13.5. The molecule has 0 aromatic carbocycles. The lowest BCUT2D eigenvalue weighted by Crippen LogP contribution is -2.37. The van der Waals surface area contributed by atoms with Gasteiger partial charge < -0.3 is 9.47 Å². The van der Waals surface area contributed by atoms with Crippen molar-refractivity contribution in [3.8, 4) is 0 Å². The molecule has 0 radical (unpaired) electrons. The predicted molar refractivity (Wildman–Crippen MR) is 40.0 cm³/mol. The van der Waals surface area contributed by atoms with Gasteiger partial charge in [0.2, 0.25) is 6.08 Å². The van der Waals surface area contributed by atoms with Crippen molar-refractivity contribution in [3.05, 3.63) is 0 Å². The molecule has 0 fully saturated rings. The first-order chi connectivity index (χ1) is 5.08. The van der Waals surface area contributed by atoms with E-state index in [1.54, 1.807) is 13.8 Å². The molecule has 0 aliphatic carbocycles. The van der Waals surface area contributed by atoms with Gasteiger partial charge in [0, 0.05) is 14.2 Å². The van der Waals surface area contributed by atoms with Gasteiger partial charge in [0.1, 0.15) is 5.54 Å². The summed E-state index contributed by atoms with van der Waals surface area (Å²) >= 11 is 0. The van der Waals surface area contributed by atoms with Gasteiger partial charge in [-0.15, -0.1) is 0 Å². The summed E-state index contributed by atoms with van der Waals surface area (Å²) in [5.41, 5.74) is -0.675. The minimum atomic E-state index is -0.675. The molecule has 0 N–H and O–H groups in total. The van der Waals surface area contributed by atoms with Gasteiger partial charge in [-0.1, -0.05) is 0 Å². The summed E-state index contributed by atoms with van der Waals surface area (Å²) in [7, 11) is 2.99. The van der Waals surface area contributed by atoms with Crippen LogP contribution in [0.3, 0.4) is 0 Å². The largest absolute Gasteiger partial charge is 0.353 e. The van der Waals surface area contributed by atoms with Crippen LogP contribution in [0.25, 0.3) is 0 Å². The van der Waals surface area contributed by atoms with Gasteiger partial charge in [-0.05, 0) is 13.8 Å². The Hall–Kier alpha value is -0.700. The molecule has 0 bridgehead atoms. The third kappa shape index (κ3) is 2.80. The van der Waals surface area contributed by atoms with E-state index in [-0.39, 0.29) is 0 Å². The highest BCUT2D eigenvalue weighted by Gasteiger charge is 2.28. The number of aliphatic imine (C=N–C) groups is 1. The van der Waals surface area contributed by atoms with Crippen molar-refractivity contribution in [2.75, 3.05) is 14.2 Å². The topological polar surface area (TPSA) is 47.9 Å². The van der Waals surface area contributed by atoms with Gasteiger partial charge >= 0.3 is 0 Å². The molecule has 0 aliphatic heterocycles. The molecule has 0 amide bonds. The number of hydrogen-bond acceptors (Lipinski definition) is 4. The zero-order chi connectivity index (χ0) is 8.91. The van der Waals surface area contributed by atoms with Gasteiger partial charge in [0.25, 0.3) is 0 Å². The maximum absolute atomic E-state index is 9.95. The van der Waals surface area contributed by atoms with Gasteiger partial charge in [-0.25, -0.2) is 4.79 Å². The lowest BCUT2D eigenvalue weighted by molar-refractivity contribution is -0.137. The number of hydrogen-bond donors (Lipinski definition) is 0. The zero-order valence-corrected chi connectivity index (χ0v) is 7.25. The van der Waals surface area contributed by atoms with Crippen LogP contribution >= 0.6 is 0 Å². The van der Waals surface area contributed by atoms with Crippen molar-refractivity contribution >= 4 is 6.08 Å². The highest BCUT2D eigenvalue weighted by molar-refractivity contribution is 5.34. The molecular weight excluding hydrogens is 146 g/mol. The summed E-state index contributed by atoms with van der Waals surface area (Å²) in [6.07, 6.45) is 0.962. The molecular formula is C7H13NO3. The number of nitrogens with zero attached hydrogens (tertiary/aromatic N) is 1. The van der Waals surface area contributed by atoms with Crippen LogP contribution in [0.1, 0.15) is 13.8 Å². The summed E-state index contributed by atoms with van der Waals surface area (Å²) in [5, 5.41) is 0. The maximum Gasteiger partial charge on any atom is 0.235 e. The fourth-order valence-electron chi connectivity index (χ4n) is 0.843. The lowest BCUT2D eigenvalue weighted by Gasteiger charge is -2.25. The minimum absolute atomic E-state index is 0.510. The van der Waals surface area contributed by atoms with Crippen molar-refractivity contribution in [2.24, 2.45) is 4.99 Å². The zero-order valence-electron chi connectivity index (χ0n) is 7.25. The Morgan fingerprint density at radius 2 is 1.82 bits per heavy atom. The van der Waals surface area contributed by atoms with Crippen molar-refractivity contribution in [1.29, 1.82) is 0 Å². The van der Waals surface area contributed by atoms with Crippen LogP contribution in [0, 0.1) is 0 Å². The Morgan fingerprint density at radius 1 is 1.36 bits per heavy atom. The molecule has 0 saturated carbocycles. The van der Waals surface area contributed by atoms with E-state index in [4.69, 9.17) is 9.47 Å². The van der Waals surface area contributed by atoms with E-state index in [9.17, 15) is 4.79 Å². The second kappa shape index (κ2) is 4.23. The molecule has 0 aromatic rings. The Bertz CT molecular complexity index is 157. The molecule has 0 heterocycles. The molecule has 11 heavy (non-hydrogen) atoms. The van der Waals surface area contributed by atoms with E-state index >= 15 is 0 Å². The van der Waals surface area contributed by atoms with Crippen molar-refractivity contribution < 1.29 is 14.3 Å². The normalized spacial score (nSPS) is 11.4. The summed E-state index contributed by atoms with van der Waals surface area (Å²) < 4.78 is 9.84. The van der Waals surface area contributed by atoms with Crippen LogP contribution in [-0.2, 0) is 14.3 Å². The fourth-order valence-corrected chi connectivity index (χ4v) is 0.843. The quantitative estimate of drug-likeness (QED) is 0.345. The Balaban J connectivity index is 4.35. The van der Waals surface area contributed by atoms with E-state index < -0.39 is 11.8 Å². The second-order valence-corrected chi connectivity index (χ2v) is 2.66. The van der Waals surface area contributed by atoms with E-state index in [0.29, 0.717) is 0 Å². The molecule has 0 saturated heterocycles. The van der Waals surface area contributed by atoms with Crippen molar-refractivity contribution in [3.63, 3.8) is 0 Å². The third-order valence-corrected chi connectivity index (χ3v) is 1.34. The molecule has 0 aliphatic rings. The number of carbonyl (C=O) groups excluding carboxylic acids is 1. The van der Waals surface area contributed by atoms with Crippen molar-refractivity contribution in [2.45, 2.75) is 25.7 Å². The van der Waals surface area contributed by atoms with E-state index in [0.717, 1.165) is 0 Å². The average molecular weight is 159 g/mol. The Morgan fingerprint density at radius 3 is 2.09 bits per heavy atom. The number of isocyanates is 1. The summed E-state index contributed by atoms with van der Waals surface area (Å²) in [6, 6.07) is 0. The van der Waals surface area contributed by atoms with Crippen LogP contribution in [0.2, 0.25) is 0 Å². The third-order valence-electron chi connectivity index (χ3n) is 1.34. The lowest BCUT2D eigenvalue weighted by atomic mass is 10.1. The summed E-state index contributed by atoms with van der Waals surface area (Å²) in [6.45, 7) is 3.46.